The SMILES string of the molecule is CCCCOC(=O)c1ccc2c3cccc4cccc(c5c(C(=O)OCCCC)c(C(=O)OCCC(C)(Br)Br)c(C(=O)OCCCC)c1c25)c43. The van der Waals surface area contributed by atoms with Crippen molar-refractivity contribution in [2.45, 2.75) is 75.9 Å². The van der Waals surface area contributed by atoms with E-state index in [0.29, 0.717) is 47.2 Å². The van der Waals surface area contributed by atoms with Crippen molar-refractivity contribution in [3.63, 3.8) is 0 Å². The highest BCUT2D eigenvalue weighted by molar-refractivity contribution is 9.25. The molecular weight excluding hydrogens is 768 g/mol. The maximum atomic E-state index is 14.5. The van der Waals surface area contributed by atoms with E-state index in [1.54, 1.807) is 6.07 Å². The molecule has 10 heteroatoms. The van der Waals surface area contributed by atoms with Gasteiger partial charge in [0.15, 0.2) is 0 Å². The highest BCUT2D eigenvalue weighted by Gasteiger charge is 2.36. The third-order valence-electron chi connectivity index (χ3n) is 8.72. The lowest BCUT2D eigenvalue weighted by molar-refractivity contribution is 0.0434. The molecule has 5 aromatic rings. The Bertz CT molecular complexity index is 2040. The molecule has 0 aliphatic carbocycles. The van der Waals surface area contributed by atoms with Crippen molar-refractivity contribution >= 4 is 98.8 Å². The van der Waals surface area contributed by atoms with Gasteiger partial charge in [-0.15, -0.1) is 0 Å². The summed E-state index contributed by atoms with van der Waals surface area (Å²) in [5.41, 5.74) is -0.522. The summed E-state index contributed by atoms with van der Waals surface area (Å²) < 4.78 is 22.6. The molecular formula is C40H42Br2O8. The molecule has 50 heavy (non-hydrogen) atoms. The molecule has 0 radical (unpaired) electrons. The van der Waals surface area contributed by atoms with Crippen LogP contribution < -0.4 is 0 Å². The Morgan fingerprint density at radius 3 is 1.58 bits per heavy atom. The topological polar surface area (TPSA) is 105 Å². The van der Waals surface area contributed by atoms with Crippen LogP contribution in [-0.4, -0.2) is 53.5 Å². The number of alkyl halides is 2. The van der Waals surface area contributed by atoms with E-state index in [4.69, 9.17) is 18.9 Å². The number of fused-ring (bicyclic) bond motifs is 2. The Labute approximate surface area is 308 Å². The van der Waals surface area contributed by atoms with E-state index >= 15 is 0 Å². The van der Waals surface area contributed by atoms with E-state index in [9.17, 15) is 19.2 Å². The zero-order valence-corrected chi connectivity index (χ0v) is 32.1. The lowest BCUT2D eigenvalue weighted by Gasteiger charge is -2.23. The number of halogens is 2. The summed E-state index contributed by atoms with van der Waals surface area (Å²) in [4.78, 5) is 57.1. The number of ether oxygens (including phenoxy) is 4. The highest BCUT2D eigenvalue weighted by Crippen LogP contribution is 2.46. The first-order chi connectivity index (χ1) is 24.0. The Kier molecular flexibility index (Phi) is 12.4. The van der Waals surface area contributed by atoms with Gasteiger partial charge in [0.05, 0.1) is 51.9 Å². The molecule has 0 bridgehead atoms. The van der Waals surface area contributed by atoms with Gasteiger partial charge in [0, 0.05) is 22.6 Å². The molecule has 8 nitrogen and oxygen atoms in total. The lowest BCUT2D eigenvalue weighted by atomic mass is 9.81. The summed E-state index contributed by atoms with van der Waals surface area (Å²) in [7, 11) is 0. The van der Waals surface area contributed by atoms with E-state index in [0.717, 1.165) is 35.4 Å². The van der Waals surface area contributed by atoms with Gasteiger partial charge in [0.25, 0.3) is 0 Å². The maximum Gasteiger partial charge on any atom is 0.339 e. The number of benzene rings is 5. The van der Waals surface area contributed by atoms with Crippen LogP contribution in [0.3, 0.4) is 0 Å². The van der Waals surface area contributed by atoms with Gasteiger partial charge < -0.3 is 18.9 Å². The quantitative estimate of drug-likeness (QED) is 0.0242. The van der Waals surface area contributed by atoms with Gasteiger partial charge >= 0.3 is 23.9 Å². The number of hydrogen-bond donors (Lipinski definition) is 0. The number of unbranched alkanes of at least 4 members (excludes halogenated alkanes) is 3. The molecule has 0 amide bonds. The summed E-state index contributed by atoms with van der Waals surface area (Å²) in [6.45, 7) is 8.13. The van der Waals surface area contributed by atoms with Crippen LogP contribution in [0.25, 0.3) is 43.1 Å². The van der Waals surface area contributed by atoms with Crippen molar-refractivity contribution in [2.24, 2.45) is 0 Å². The molecule has 0 atom stereocenters. The Morgan fingerprint density at radius 1 is 0.540 bits per heavy atom. The number of esters is 4. The molecule has 5 aromatic carbocycles. The molecule has 0 fully saturated rings. The van der Waals surface area contributed by atoms with Gasteiger partial charge in [-0.2, -0.15) is 0 Å². The van der Waals surface area contributed by atoms with Crippen molar-refractivity contribution in [1.82, 2.24) is 0 Å². The predicted octanol–water partition coefficient (Wildman–Crippen LogP) is 10.7. The predicted molar refractivity (Wildman–Crippen MR) is 204 cm³/mol. The van der Waals surface area contributed by atoms with Gasteiger partial charge in [0.2, 0.25) is 0 Å². The van der Waals surface area contributed by atoms with Crippen LogP contribution in [-0.2, 0) is 18.9 Å². The second-order valence-corrected chi connectivity index (χ2v) is 17.1. The first kappa shape index (κ1) is 37.5. The lowest BCUT2D eigenvalue weighted by Crippen LogP contribution is -2.23. The third-order valence-corrected chi connectivity index (χ3v) is 9.51. The van der Waals surface area contributed by atoms with Crippen LogP contribution >= 0.6 is 31.9 Å². The fourth-order valence-corrected chi connectivity index (χ4v) is 6.54. The Morgan fingerprint density at radius 2 is 1.02 bits per heavy atom. The normalized spacial score (nSPS) is 11.8. The molecule has 0 saturated heterocycles. The Hall–Kier alpha value is -3.76. The standard InChI is InChI=1S/C40H42Br2O8/c1-5-8-20-47-36(43)28-18-17-26-25-15-11-13-24-14-12-16-27(29(24)25)31-30(26)32(28)34(38(45)49-22-10-7-3)35(33(31)37(44)48-21-9-6-2)39(46)50-23-19-40(4,41)42/h11-18H,5-10,19-23H2,1-4H3. The first-order valence-corrected chi connectivity index (χ1v) is 18.9. The van der Waals surface area contributed by atoms with Crippen LogP contribution in [0.5, 0.6) is 0 Å². The minimum atomic E-state index is -0.904. The van der Waals surface area contributed by atoms with Crippen LogP contribution in [0.1, 0.15) is 114 Å². The minimum Gasteiger partial charge on any atom is -0.462 e. The smallest absolute Gasteiger partial charge is 0.339 e. The zero-order valence-electron chi connectivity index (χ0n) is 28.9. The number of carbonyl (C=O) groups is 4. The van der Waals surface area contributed by atoms with Crippen LogP contribution in [0, 0.1) is 0 Å². The first-order valence-electron chi connectivity index (χ1n) is 17.3. The number of rotatable bonds is 16. The molecule has 0 heterocycles. The summed E-state index contributed by atoms with van der Waals surface area (Å²) >= 11 is 7.02. The summed E-state index contributed by atoms with van der Waals surface area (Å²) in [6, 6.07) is 15.1. The van der Waals surface area contributed by atoms with Crippen molar-refractivity contribution in [1.29, 1.82) is 0 Å². The monoisotopic (exact) mass is 808 g/mol. The number of carbonyl (C=O) groups excluding carboxylic acids is 4. The third kappa shape index (κ3) is 7.76. The Balaban J connectivity index is 1.99. The fourth-order valence-electron chi connectivity index (χ4n) is 6.22. The van der Waals surface area contributed by atoms with Crippen LogP contribution in [0.2, 0.25) is 0 Å². The van der Waals surface area contributed by atoms with E-state index in [-0.39, 0.29) is 54.1 Å². The molecule has 5 rings (SSSR count). The van der Waals surface area contributed by atoms with E-state index < -0.39 is 27.1 Å². The number of hydrogen-bond acceptors (Lipinski definition) is 8. The summed E-state index contributed by atoms with van der Waals surface area (Å²) in [6.07, 6.45) is 4.56. The van der Waals surface area contributed by atoms with Crippen molar-refractivity contribution in [3.8, 4) is 0 Å². The van der Waals surface area contributed by atoms with Gasteiger partial charge in [-0.3, -0.25) is 0 Å². The molecule has 264 valence electrons. The average molecular weight is 811 g/mol. The molecule has 0 N–H and O–H groups in total. The molecule has 0 unspecified atom stereocenters. The minimum absolute atomic E-state index is 0.0434. The molecule has 0 aliphatic rings. The fraction of sp³-hybridized carbons (Fsp3) is 0.400. The van der Waals surface area contributed by atoms with E-state index in [2.05, 4.69) is 31.9 Å². The maximum absolute atomic E-state index is 14.5. The van der Waals surface area contributed by atoms with Crippen LogP contribution in [0.4, 0.5) is 0 Å². The van der Waals surface area contributed by atoms with Crippen molar-refractivity contribution in [2.75, 3.05) is 26.4 Å². The summed E-state index contributed by atoms with van der Waals surface area (Å²) in [5, 5.41) is 5.07. The molecule has 0 saturated carbocycles. The van der Waals surface area contributed by atoms with Gasteiger partial charge in [-0.05, 0) is 59.2 Å². The van der Waals surface area contributed by atoms with Crippen molar-refractivity contribution in [3.05, 3.63) is 70.8 Å². The van der Waals surface area contributed by atoms with Crippen LogP contribution in [0.15, 0.2) is 48.5 Å². The molecule has 0 aliphatic heterocycles. The van der Waals surface area contributed by atoms with E-state index in [1.165, 1.54) is 0 Å². The zero-order chi connectivity index (χ0) is 36.0. The van der Waals surface area contributed by atoms with Gasteiger partial charge in [-0.1, -0.05) is 114 Å². The second kappa shape index (κ2) is 16.5. The van der Waals surface area contributed by atoms with Gasteiger partial charge in [-0.25, -0.2) is 19.2 Å². The molecule has 0 aromatic heterocycles. The summed E-state index contributed by atoms with van der Waals surface area (Å²) in [5.74, 6) is -3.17. The highest BCUT2D eigenvalue weighted by atomic mass is 79.9. The largest absolute Gasteiger partial charge is 0.462 e. The average Bonchev–Trinajstić information content (AvgIpc) is 3.09. The molecule has 0 spiro atoms. The second-order valence-electron chi connectivity index (χ2n) is 12.5. The van der Waals surface area contributed by atoms with Crippen molar-refractivity contribution < 1.29 is 38.1 Å². The van der Waals surface area contributed by atoms with Gasteiger partial charge in [0.1, 0.15) is 0 Å². The van der Waals surface area contributed by atoms with E-state index in [1.807, 2.05) is 70.2 Å².